The van der Waals surface area contributed by atoms with Crippen LogP contribution in [0.3, 0.4) is 0 Å². The van der Waals surface area contributed by atoms with Crippen molar-refractivity contribution in [2.24, 2.45) is 0 Å². The van der Waals surface area contributed by atoms with Crippen LogP contribution in [-0.2, 0) is 20.7 Å². The van der Waals surface area contributed by atoms with Gasteiger partial charge in [0.05, 0.1) is 4.92 Å². The average Bonchev–Trinajstić information content (AvgIpc) is 3.01. The molecular formula is C14H16N2O6. The monoisotopic (exact) mass is 308 g/mol. The molecule has 1 aliphatic rings. The van der Waals surface area contributed by atoms with Gasteiger partial charge in [0.25, 0.3) is 5.69 Å². The largest absolute Gasteiger partial charge is 0.480 e. The Labute approximate surface area is 126 Å². The van der Waals surface area contributed by atoms with Crippen molar-refractivity contribution < 1.29 is 24.4 Å². The molecule has 0 unspecified atom stereocenters. The minimum Gasteiger partial charge on any atom is -0.480 e. The minimum absolute atomic E-state index is 0.162. The van der Waals surface area contributed by atoms with Gasteiger partial charge in [0.2, 0.25) is 5.91 Å². The van der Waals surface area contributed by atoms with Crippen LogP contribution in [0.15, 0.2) is 24.3 Å². The van der Waals surface area contributed by atoms with Gasteiger partial charge in [-0.3, -0.25) is 14.9 Å². The molecule has 0 bridgehead atoms. The number of carbonyl (C=O) groups excluding carboxylic acids is 1. The Hall–Kier alpha value is -2.48. The van der Waals surface area contributed by atoms with E-state index >= 15 is 0 Å². The third kappa shape index (κ3) is 3.79. The number of amides is 1. The van der Waals surface area contributed by atoms with Crippen molar-refractivity contribution >= 4 is 17.6 Å². The van der Waals surface area contributed by atoms with Crippen LogP contribution < -0.4 is 5.32 Å². The van der Waals surface area contributed by atoms with Gasteiger partial charge in [0, 0.05) is 24.7 Å². The molecule has 1 fully saturated rings. The van der Waals surface area contributed by atoms with E-state index in [1.807, 2.05) is 0 Å². The predicted octanol–water partition coefficient (Wildman–Crippen LogP) is 0.886. The molecule has 1 aromatic rings. The van der Waals surface area contributed by atoms with Crippen molar-refractivity contribution in [1.82, 2.24) is 5.32 Å². The molecule has 0 saturated carbocycles. The highest BCUT2D eigenvalue weighted by Crippen LogP contribution is 2.20. The van der Waals surface area contributed by atoms with Crippen LogP contribution in [0.25, 0.3) is 0 Å². The number of nitrogens with one attached hydrogen (secondary N) is 1. The van der Waals surface area contributed by atoms with Crippen molar-refractivity contribution in [2.75, 3.05) is 6.61 Å². The number of carboxylic acid groups (broad SMARTS) is 1. The number of nitro groups is 1. The van der Waals surface area contributed by atoms with Crippen molar-refractivity contribution in [3.05, 3.63) is 39.9 Å². The Morgan fingerprint density at radius 1 is 1.45 bits per heavy atom. The molecule has 1 saturated heterocycles. The fourth-order valence-electron chi connectivity index (χ4n) is 2.33. The lowest BCUT2D eigenvalue weighted by Gasteiger charge is -2.17. The zero-order chi connectivity index (χ0) is 16.1. The van der Waals surface area contributed by atoms with E-state index in [0.717, 1.165) is 6.42 Å². The van der Waals surface area contributed by atoms with Gasteiger partial charge < -0.3 is 15.2 Å². The van der Waals surface area contributed by atoms with Crippen molar-refractivity contribution in [2.45, 2.75) is 31.4 Å². The zero-order valence-electron chi connectivity index (χ0n) is 11.7. The maximum Gasteiger partial charge on any atom is 0.326 e. The SMILES string of the molecule is O=C(O)[C@H](Cc1ccccc1[N+](=O)[O-])NC(=O)[C@@H]1CCCO1. The first-order valence-electron chi connectivity index (χ1n) is 6.86. The summed E-state index contributed by atoms with van der Waals surface area (Å²) in [5.41, 5.74) is 0.0904. The maximum absolute atomic E-state index is 11.9. The summed E-state index contributed by atoms with van der Waals surface area (Å²) in [5.74, 6) is -1.74. The summed E-state index contributed by atoms with van der Waals surface area (Å²) in [7, 11) is 0. The third-order valence-electron chi connectivity index (χ3n) is 3.45. The van der Waals surface area contributed by atoms with Gasteiger partial charge in [-0.05, 0) is 12.8 Å². The summed E-state index contributed by atoms with van der Waals surface area (Å²) in [6, 6.07) is 4.63. The normalized spacial score (nSPS) is 18.6. The van der Waals surface area contributed by atoms with E-state index in [1.165, 1.54) is 18.2 Å². The lowest BCUT2D eigenvalue weighted by Crippen LogP contribution is -2.46. The van der Waals surface area contributed by atoms with E-state index in [-0.39, 0.29) is 17.7 Å². The van der Waals surface area contributed by atoms with Gasteiger partial charge in [-0.1, -0.05) is 18.2 Å². The first kappa shape index (κ1) is 15.9. The van der Waals surface area contributed by atoms with Crippen LogP contribution in [0, 0.1) is 10.1 Å². The Morgan fingerprint density at radius 3 is 2.77 bits per heavy atom. The minimum atomic E-state index is -1.25. The van der Waals surface area contributed by atoms with Crippen LogP contribution >= 0.6 is 0 Å². The van der Waals surface area contributed by atoms with Crippen LogP contribution in [0.4, 0.5) is 5.69 Å². The van der Waals surface area contributed by atoms with E-state index in [0.29, 0.717) is 13.0 Å². The molecule has 1 amide bonds. The lowest BCUT2D eigenvalue weighted by molar-refractivity contribution is -0.385. The molecular weight excluding hydrogens is 292 g/mol. The molecule has 0 aliphatic carbocycles. The molecule has 2 rings (SSSR count). The molecule has 8 nitrogen and oxygen atoms in total. The van der Waals surface area contributed by atoms with Crippen molar-refractivity contribution in [3.63, 3.8) is 0 Å². The van der Waals surface area contributed by atoms with Gasteiger partial charge in [-0.25, -0.2) is 4.79 Å². The van der Waals surface area contributed by atoms with Crippen LogP contribution in [0.1, 0.15) is 18.4 Å². The number of hydrogen-bond acceptors (Lipinski definition) is 5. The van der Waals surface area contributed by atoms with E-state index in [2.05, 4.69) is 5.32 Å². The number of hydrogen-bond donors (Lipinski definition) is 2. The van der Waals surface area contributed by atoms with Gasteiger partial charge in [0.1, 0.15) is 12.1 Å². The number of aliphatic carboxylic acids is 1. The number of carbonyl (C=O) groups is 2. The number of rotatable bonds is 6. The highest BCUT2D eigenvalue weighted by molar-refractivity contribution is 5.86. The number of para-hydroxylation sites is 1. The molecule has 0 spiro atoms. The molecule has 2 atom stereocenters. The zero-order valence-corrected chi connectivity index (χ0v) is 11.7. The summed E-state index contributed by atoms with van der Waals surface area (Å²) in [6.07, 6.45) is 0.488. The second-order valence-electron chi connectivity index (χ2n) is 4.99. The van der Waals surface area contributed by atoms with Gasteiger partial charge >= 0.3 is 5.97 Å². The van der Waals surface area contributed by atoms with E-state index in [1.54, 1.807) is 6.07 Å². The van der Waals surface area contributed by atoms with Gasteiger partial charge in [-0.2, -0.15) is 0 Å². The molecule has 1 heterocycles. The Kier molecular flexibility index (Phi) is 5.05. The molecule has 1 aromatic carbocycles. The second-order valence-corrected chi connectivity index (χ2v) is 4.99. The Bertz CT molecular complexity index is 582. The van der Waals surface area contributed by atoms with Crippen LogP contribution in [0.2, 0.25) is 0 Å². The number of carboxylic acids is 1. The first-order chi connectivity index (χ1) is 10.5. The maximum atomic E-state index is 11.9. The summed E-state index contributed by atoms with van der Waals surface area (Å²) >= 11 is 0. The topological polar surface area (TPSA) is 119 Å². The highest BCUT2D eigenvalue weighted by atomic mass is 16.6. The summed E-state index contributed by atoms with van der Waals surface area (Å²) < 4.78 is 5.19. The quantitative estimate of drug-likeness (QED) is 0.595. The lowest BCUT2D eigenvalue weighted by atomic mass is 10.0. The molecule has 0 radical (unpaired) electrons. The highest BCUT2D eigenvalue weighted by Gasteiger charge is 2.29. The van der Waals surface area contributed by atoms with E-state index < -0.39 is 28.9 Å². The molecule has 0 aromatic heterocycles. The van der Waals surface area contributed by atoms with Gasteiger partial charge in [-0.15, -0.1) is 0 Å². The molecule has 1 aliphatic heterocycles. The third-order valence-corrected chi connectivity index (χ3v) is 3.45. The molecule has 22 heavy (non-hydrogen) atoms. The number of nitrogens with zero attached hydrogens (tertiary/aromatic N) is 1. The van der Waals surface area contributed by atoms with E-state index in [4.69, 9.17) is 4.74 Å². The summed E-state index contributed by atoms with van der Waals surface area (Å²) in [4.78, 5) is 33.6. The van der Waals surface area contributed by atoms with Gasteiger partial charge in [0.15, 0.2) is 0 Å². The number of benzene rings is 1. The smallest absolute Gasteiger partial charge is 0.326 e. The first-order valence-corrected chi connectivity index (χ1v) is 6.86. The average molecular weight is 308 g/mol. The molecule has 118 valence electrons. The number of nitro benzene ring substituents is 1. The molecule has 8 heteroatoms. The summed E-state index contributed by atoms with van der Waals surface area (Å²) in [6.45, 7) is 0.472. The fraction of sp³-hybridized carbons (Fsp3) is 0.429. The Morgan fingerprint density at radius 2 is 2.18 bits per heavy atom. The van der Waals surface area contributed by atoms with E-state index in [9.17, 15) is 24.8 Å². The van der Waals surface area contributed by atoms with Crippen molar-refractivity contribution in [1.29, 1.82) is 0 Å². The van der Waals surface area contributed by atoms with Crippen molar-refractivity contribution in [3.8, 4) is 0 Å². The van der Waals surface area contributed by atoms with Crippen LogP contribution in [-0.4, -0.2) is 40.7 Å². The fourth-order valence-corrected chi connectivity index (χ4v) is 2.33. The second kappa shape index (κ2) is 6.99. The predicted molar refractivity (Wildman–Crippen MR) is 75.3 cm³/mol. The van der Waals surface area contributed by atoms with Crippen LogP contribution in [0.5, 0.6) is 0 Å². The Balaban J connectivity index is 2.10. The standard InChI is InChI=1S/C14H16N2O6/c17-13(12-6-3-7-22-12)15-10(14(18)19)8-9-4-1-2-5-11(9)16(20)21/h1-2,4-5,10,12H,3,6-8H2,(H,15,17)(H,18,19)/t10-,12-/m0/s1. The number of ether oxygens (including phenoxy) is 1. The summed E-state index contributed by atoms with van der Waals surface area (Å²) in [5, 5.41) is 22.6. The molecule has 2 N–H and O–H groups in total.